The van der Waals surface area contributed by atoms with Crippen LogP contribution in [-0.2, 0) is 9.84 Å². The fourth-order valence-corrected chi connectivity index (χ4v) is 3.52. The van der Waals surface area contributed by atoms with E-state index in [1.807, 2.05) is 0 Å². The van der Waals surface area contributed by atoms with Crippen molar-refractivity contribution in [3.05, 3.63) is 59.7 Å². The number of benzene rings is 2. The van der Waals surface area contributed by atoms with Crippen molar-refractivity contribution in [3.63, 3.8) is 0 Å². The molecule has 21 heavy (non-hydrogen) atoms. The first-order valence-electron chi connectivity index (χ1n) is 5.89. The molecule has 0 aliphatic rings. The van der Waals surface area contributed by atoms with Gasteiger partial charge in [-0.15, -0.1) is 0 Å². The molecule has 0 radical (unpaired) electrons. The number of hydrogen-bond donors (Lipinski definition) is 2. The van der Waals surface area contributed by atoms with Crippen LogP contribution < -0.4 is 0 Å². The van der Waals surface area contributed by atoms with Gasteiger partial charge in [-0.3, -0.25) is 0 Å². The van der Waals surface area contributed by atoms with Crippen molar-refractivity contribution in [1.82, 2.24) is 0 Å². The van der Waals surface area contributed by atoms with E-state index in [2.05, 4.69) is 10.3 Å². The molecule has 0 heterocycles. The van der Waals surface area contributed by atoms with Gasteiger partial charge in [0.05, 0.1) is 22.2 Å². The topological polar surface area (TPSA) is 99.3 Å². The van der Waals surface area contributed by atoms with Crippen molar-refractivity contribution in [1.29, 1.82) is 0 Å². The predicted molar refractivity (Wildman–Crippen MR) is 77.1 cm³/mol. The Kier molecular flexibility index (Phi) is 4.34. The summed E-state index contributed by atoms with van der Waals surface area (Å²) in [7, 11) is -3.85. The van der Waals surface area contributed by atoms with Gasteiger partial charge >= 0.3 is 0 Å². The molecule has 7 heteroatoms. The van der Waals surface area contributed by atoms with Gasteiger partial charge in [0, 0.05) is 11.1 Å². The van der Waals surface area contributed by atoms with Crippen LogP contribution in [-0.4, -0.2) is 31.3 Å². The molecule has 6 nitrogen and oxygen atoms in total. The molecular weight excluding hydrogens is 292 g/mol. The Morgan fingerprint density at radius 3 is 1.52 bits per heavy atom. The highest BCUT2D eigenvalue weighted by Gasteiger charge is 2.22. The quantitative estimate of drug-likeness (QED) is 0.513. The number of nitrogens with zero attached hydrogens (tertiary/aromatic N) is 2. The van der Waals surface area contributed by atoms with E-state index in [0.717, 1.165) is 12.4 Å². The molecule has 0 atom stereocenters. The third-order valence-corrected chi connectivity index (χ3v) is 4.71. The summed E-state index contributed by atoms with van der Waals surface area (Å²) >= 11 is 0. The van der Waals surface area contributed by atoms with E-state index in [4.69, 9.17) is 10.4 Å². The lowest BCUT2D eigenvalue weighted by Gasteiger charge is -2.09. The minimum atomic E-state index is -3.85. The Balaban J connectivity index is 2.69. The van der Waals surface area contributed by atoms with Crippen LogP contribution in [0.5, 0.6) is 0 Å². The largest absolute Gasteiger partial charge is 0.411 e. The second-order valence-corrected chi connectivity index (χ2v) is 5.95. The normalized spacial score (nSPS) is 12.2. The Hall–Kier alpha value is -2.67. The van der Waals surface area contributed by atoms with Crippen molar-refractivity contribution in [2.24, 2.45) is 10.3 Å². The zero-order valence-corrected chi connectivity index (χ0v) is 11.6. The molecule has 0 aromatic heterocycles. The molecular formula is C14H12N2O4S. The van der Waals surface area contributed by atoms with Gasteiger partial charge in [0.15, 0.2) is 0 Å². The van der Waals surface area contributed by atoms with Crippen LogP contribution in [0.1, 0.15) is 11.1 Å². The fraction of sp³-hybridized carbons (Fsp3) is 0. The highest BCUT2D eigenvalue weighted by atomic mass is 32.2. The Labute approximate surface area is 121 Å². The average Bonchev–Trinajstić information content (AvgIpc) is 2.49. The van der Waals surface area contributed by atoms with E-state index in [-0.39, 0.29) is 20.9 Å². The third-order valence-electron chi connectivity index (χ3n) is 2.81. The summed E-state index contributed by atoms with van der Waals surface area (Å²) in [5, 5.41) is 23.0. The van der Waals surface area contributed by atoms with E-state index < -0.39 is 9.84 Å². The second kappa shape index (κ2) is 6.19. The summed E-state index contributed by atoms with van der Waals surface area (Å²) in [5.41, 5.74) is 0.520. The van der Waals surface area contributed by atoms with Crippen LogP contribution in [0.4, 0.5) is 0 Å². The standard InChI is InChI=1S/C14H12N2O4S/c17-15-9-11-5-1-3-7-13(11)21(19,20)14-8-4-2-6-12(14)10-16-18/h1-10,17-18H/b15-9-,16-10-. The van der Waals surface area contributed by atoms with Crippen molar-refractivity contribution >= 4 is 22.3 Å². The molecule has 0 aliphatic carbocycles. The van der Waals surface area contributed by atoms with Crippen molar-refractivity contribution < 1.29 is 18.8 Å². The molecule has 2 rings (SSSR count). The molecule has 108 valence electrons. The molecule has 2 aromatic carbocycles. The highest BCUT2D eigenvalue weighted by Crippen LogP contribution is 2.25. The van der Waals surface area contributed by atoms with Crippen LogP contribution in [0.25, 0.3) is 0 Å². The first kappa shape index (κ1) is 14.7. The fourth-order valence-electron chi connectivity index (χ4n) is 1.91. The maximum Gasteiger partial charge on any atom is 0.207 e. The minimum absolute atomic E-state index is 0.00147. The van der Waals surface area contributed by atoms with Gasteiger partial charge in [-0.2, -0.15) is 0 Å². The molecule has 0 aliphatic heterocycles. The third kappa shape index (κ3) is 2.92. The molecule has 0 unspecified atom stereocenters. The molecule has 0 saturated heterocycles. The van der Waals surface area contributed by atoms with E-state index >= 15 is 0 Å². The highest BCUT2D eigenvalue weighted by molar-refractivity contribution is 7.91. The number of hydrogen-bond acceptors (Lipinski definition) is 6. The zero-order valence-electron chi connectivity index (χ0n) is 10.8. The van der Waals surface area contributed by atoms with Gasteiger partial charge in [-0.25, -0.2) is 8.42 Å². The Morgan fingerprint density at radius 2 is 1.14 bits per heavy atom. The molecule has 0 amide bonds. The average molecular weight is 304 g/mol. The molecule has 0 spiro atoms. The van der Waals surface area contributed by atoms with Gasteiger partial charge in [-0.1, -0.05) is 46.7 Å². The maximum absolute atomic E-state index is 12.7. The van der Waals surface area contributed by atoms with E-state index in [9.17, 15) is 8.42 Å². The molecule has 0 saturated carbocycles. The monoisotopic (exact) mass is 304 g/mol. The number of sulfone groups is 1. The van der Waals surface area contributed by atoms with Crippen LogP contribution in [0.15, 0.2) is 68.6 Å². The Morgan fingerprint density at radius 1 is 0.762 bits per heavy atom. The summed E-state index contributed by atoms with van der Waals surface area (Å²) < 4.78 is 25.5. The minimum Gasteiger partial charge on any atom is -0.411 e. The van der Waals surface area contributed by atoms with Gasteiger partial charge in [0.1, 0.15) is 0 Å². The lowest BCUT2D eigenvalue weighted by molar-refractivity contribution is 0.321. The summed E-state index contributed by atoms with van der Waals surface area (Å²) in [6.45, 7) is 0. The predicted octanol–water partition coefficient (Wildman–Crippen LogP) is 2.14. The Bertz CT molecular complexity index is 737. The van der Waals surface area contributed by atoms with Crippen LogP contribution >= 0.6 is 0 Å². The van der Waals surface area contributed by atoms with Crippen LogP contribution in [0.2, 0.25) is 0 Å². The maximum atomic E-state index is 12.7. The van der Waals surface area contributed by atoms with Gasteiger partial charge in [0.25, 0.3) is 0 Å². The lowest BCUT2D eigenvalue weighted by Crippen LogP contribution is -2.08. The summed E-state index contributed by atoms with van der Waals surface area (Å²) in [5.74, 6) is 0. The smallest absolute Gasteiger partial charge is 0.207 e. The molecule has 0 fully saturated rings. The first-order chi connectivity index (χ1) is 10.1. The number of rotatable bonds is 4. The van der Waals surface area contributed by atoms with Crippen molar-refractivity contribution in [2.45, 2.75) is 9.79 Å². The summed E-state index contributed by atoms with van der Waals surface area (Å²) in [6, 6.07) is 12.3. The lowest BCUT2D eigenvalue weighted by atomic mass is 10.2. The summed E-state index contributed by atoms with van der Waals surface area (Å²) in [6.07, 6.45) is 2.10. The van der Waals surface area contributed by atoms with Gasteiger partial charge in [0.2, 0.25) is 9.84 Å². The molecule has 2 N–H and O–H groups in total. The zero-order chi connectivity index (χ0) is 15.3. The van der Waals surface area contributed by atoms with Crippen LogP contribution in [0.3, 0.4) is 0 Å². The molecule has 0 bridgehead atoms. The van der Waals surface area contributed by atoms with Crippen LogP contribution in [0, 0.1) is 0 Å². The van der Waals surface area contributed by atoms with E-state index in [1.54, 1.807) is 24.3 Å². The molecule has 2 aromatic rings. The van der Waals surface area contributed by atoms with E-state index in [0.29, 0.717) is 0 Å². The van der Waals surface area contributed by atoms with Crippen molar-refractivity contribution in [2.75, 3.05) is 0 Å². The van der Waals surface area contributed by atoms with Crippen molar-refractivity contribution in [3.8, 4) is 0 Å². The SMILES string of the molecule is O=S(=O)(c1ccccc1/C=N\O)c1ccccc1/C=N\O. The van der Waals surface area contributed by atoms with Gasteiger partial charge < -0.3 is 10.4 Å². The van der Waals surface area contributed by atoms with Gasteiger partial charge in [-0.05, 0) is 12.1 Å². The number of oxime groups is 2. The second-order valence-electron chi connectivity index (χ2n) is 4.07. The summed E-state index contributed by atoms with van der Waals surface area (Å²) in [4.78, 5) is 0.00294. The van der Waals surface area contributed by atoms with E-state index in [1.165, 1.54) is 24.3 Å². The first-order valence-corrected chi connectivity index (χ1v) is 7.37.